The highest BCUT2D eigenvalue weighted by molar-refractivity contribution is 8.03. The molecule has 0 radical (unpaired) electrons. The van der Waals surface area contributed by atoms with Gasteiger partial charge in [-0.15, -0.1) is 17.7 Å². The number of hydrogen-bond acceptors (Lipinski definition) is 5. The van der Waals surface area contributed by atoms with E-state index in [2.05, 4.69) is 11.8 Å². The number of benzene rings is 1. The van der Waals surface area contributed by atoms with Gasteiger partial charge in [0.05, 0.1) is 4.90 Å². The lowest BCUT2D eigenvalue weighted by molar-refractivity contribution is -0.141. The maximum Gasteiger partial charge on any atom is 0.328 e. The van der Waals surface area contributed by atoms with Crippen LogP contribution in [0.15, 0.2) is 40.8 Å². The fourth-order valence-electron chi connectivity index (χ4n) is 2.37. The molecule has 1 aromatic rings. The number of ether oxygens (including phenoxy) is 1. The number of sulfonamides is 1. The molecule has 0 spiro atoms. The fraction of sp³-hybridized carbons (Fsp3) is 0.353. The third-order valence-electron chi connectivity index (χ3n) is 3.61. The van der Waals surface area contributed by atoms with Crippen LogP contribution in [-0.2, 0) is 14.8 Å². The number of aliphatic carboxylic acids is 1. The van der Waals surface area contributed by atoms with Crippen LogP contribution in [0.4, 0.5) is 0 Å². The second-order valence-electron chi connectivity index (χ2n) is 5.77. The van der Waals surface area contributed by atoms with E-state index >= 15 is 0 Å². The molecule has 0 bridgehead atoms. The third-order valence-corrected chi connectivity index (χ3v) is 6.46. The van der Waals surface area contributed by atoms with Crippen molar-refractivity contribution in [2.24, 2.45) is 0 Å². The van der Waals surface area contributed by atoms with Crippen LogP contribution in [0.1, 0.15) is 20.8 Å². The summed E-state index contributed by atoms with van der Waals surface area (Å²) in [5.41, 5.74) is 0. The van der Waals surface area contributed by atoms with Crippen molar-refractivity contribution in [3.05, 3.63) is 35.9 Å². The van der Waals surface area contributed by atoms with E-state index in [1.807, 2.05) is 0 Å². The van der Waals surface area contributed by atoms with Gasteiger partial charge >= 0.3 is 5.97 Å². The molecular formula is C17H19NO5S2. The molecule has 1 atom stereocenters. The van der Waals surface area contributed by atoms with Crippen molar-refractivity contribution in [1.29, 1.82) is 0 Å². The predicted octanol–water partition coefficient (Wildman–Crippen LogP) is 2.53. The number of carboxylic acids is 1. The minimum atomic E-state index is -4.00. The first-order valence-electron chi connectivity index (χ1n) is 7.43. The summed E-state index contributed by atoms with van der Waals surface area (Å²) in [6.45, 7) is 5.32. The molecule has 0 saturated carbocycles. The van der Waals surface area contributed by atoms with Crippen LogP contribution in [-0.4, -0.2) is 41.2 Å². The summed E-state index contributed by atoms with van der Waals surface area (Å²) < 4.78 is 31.3. The number of carboxylic acid groups (broad SMARTS) is 1. The fourth-order valence-corrected chi connectivity index (χ4v) is 4.97. The number of thioether (sulfide) groups is 1. The summed E-state index contributed by atoms with van der Waals surface area (Å²) in [5, 5.41) is 11.1. The maximum absolute atomic E-state index is 12.9. The summed E-state index contributed by atoms with van der Waals surface area (Å²) in [6, 6.07) is 4.63. The minimum Gasteiger partial charge on any atom is -0.481 e. The average Bonchev–Trinajstić information content (AvgIpc) is 2.54. The average molecular weight is 381 g/mol. The Morgan fingerprint density at radius 2 is 2.00 bits per heavy atom. The monoisotopic (exact) mass is 381 g/mol. The SMILES string of the molecule is CC#CCOc1ccc(S(=O)(=O)N2C=CSC(C)(C)[C@@H]2C(=O)O)cc1. The zero-order chi connectivity index (χ0) is 18.7. The van der Waals surface area contributed by atoms with Crippen molar-refractivity contribution in [3.63, 3.8) is 0 Å². The van der Waals surface area contributed by atoms with Crippen molar-refractivity contribution < 1.29 is 23.1 Å². The Bertz CT molecular complexity index is 832. The van der Waals surface area contributed by atoms with Gasteiger partial charge in [0.15, 0.2) is 6.04 Å². The van der Waals surface area contributed by atoms with E-state index in [0.29, 0.717) is 5.75 Å². The Labute approximate surface area is 151 Å². The highest BCUT2D eigenvalue weighted by atomic mass is 32.2. The van der Waals surface area contributed by atoms with Crippen LogP contribution in [0.25, 0.3) is 0 Å². The molecule has 0 saturated heterocycles. The van der Waals surface area contributed by atoms with E-state index in [1.54, 1.807) is 26.2 Å². The molecule has 0 amide bonds. The molecule has 8 heteroatoms. The van der Waals surface area contributed by atoms with Crippen molar-refractivity contribution in [2.45, 2.75) is 36.5 Å². The number of carbonyl (C=O) groups is 1. The predicted molar refractivity (Wildman–Crippen MR) is 96.6 cm³/mol. The molecule has 1 heterocycles. The molecule has 2 rings (SSSR count). The van der Waals surface area contributed by atoms with E-state index < -0.39 is 26.8 Å². The molecule has 0 aliphatic carbocycles. The maximum atomic E-state index is 12.9. The quantitative estimate of drug-likeness (QED) is 0.789. The summed E-state index contributed by atoms with van der Waals surface area (Å²) in [7, 11) is -4.00. The topological polar surface area (TPSA) is 83.9 Å². The van der Waals surface area contributed by atoms with E-state index in [4.69, 9.17) is 4.74 Å². The summed E-state index contributed by atoms with van der Waals surface area (Å²) in [4.78, 5) is 11.7. The van der Waals surface area contributed by atoms with Crippen LogP contribution < -0.4 is 4.74 Å². The lowest BCUT2D eigenvalue weighted by Gasteiger charge is -2.39. The largest absolute Gasteiger partial charge is 0.481 e. The first-order valence-corrected chi connectivity index (χ1v) is 9.75. The third kappa shape index (κ3) is 4.11. The van der Waals surface area contributed by atoms with Crippen LogP contribution in [0.5, 0.6) is 5.75 Å². The Balaban J connectivity index is 2.33. The molecule has 1 N–H and O–H groups in total. The van der Waals surface area contributed by atoms with Crippen LogP contribution in [0, 0.1) is 11.8 Å². The first-order chi connectivity index (χ1) is 11.7. The Hall–Kier alpha value is -2.11. The van der Waals surface area contributed by atoms with E-state index in [0.717, 1.165) is 4.31 Å². The van der Waals surface area contributed by atoms with Gasteiger partial charge in [0.25, 0.3) is 10.0 Å². The van der Waals surface area contributed by atoms with Gasteiger partial charge in [0, 0.05) is 10.9 Å². The number of rotatable bonds is 5. The van der Waals surface area contributed by atoms with Gasteiger partial charge in [-0.1, -0.05) is 5.92 Å². The van der Waals surface area contributed by atoms with Gasteiger partial charge in [0.2, 0.25) is 0 Å². The van der Waals surface area contributed by atoms with Crippen molar-refractivity contribution in [1.82, 2.24) is 4.31 Å². The molecule has 0 fully saturated rings. The zero-order valence-corrected chi connectivity index (χ0v) is 15.7. The molecule has 25 heavy (non-hydrogen) atoms. The Morgan fingerprint density at radius 1 is 1.36 bits per heavy atom. The smallest absolute Gasteiger partial charge is 0.328 e. The van der Waals surface area contributed by atoms with Gasteiger partial charge in [-0.05, 0) is 50.4 Å². The van der Waals surface area contributed by atoms with Gasteiger partial charge in [-0.3, -0.25) is 4.31 Å². The molecule has 0 aromatic heterocycles. The minimum absolute atomic E-state index is 0.0000238. The molecular weight excluding hydrogens is 362 g/mol. The first kappa shape index (κ1) is 19.2. The molecule has 1 aromatic carbocycles. The van der Waals surface area contributed by atoms with Gasteiger partial charge < -0.3 is 9.84 Å². The summed E-state index contributed by atoms with van der Waals surface area (Å²) in [6.07, 6.45) is 1.30. The van der Waals surface area contributed by atoms with E-state index in [9.17, 15) is 18.3 Å². The van der Waals surface area contributed by atoms with E-state index in [1.165, 1.54) is 42.2 Å². The summed E-state index contributed by atoms with van der Waals surface area (Å²) in [5.74, 6) is 4.74. The van der Waals surface area contributed by atoms with Crippen molar-refractivity contribution in [2.75, 3.05) is 6.61 Å². The molecule has 134 valence electrons. The zero-order valence-electron chi connectivity index (χ0n) is 14.1. The molecule has 0 unspecified atom stereocenters. The van der Waals surface area contributed by atoms with Crippen LogP contribution >= 0.6 is 11.8 Å². The van der Waals surface area contributed by atoms with Gasteiger partial charge in [0.1, 0.15) is 12.4 Å². The molecule has 6 nitrogen and oxygen atoms in total. The van der Waals surface area contributed by atoms with Crippen molar-refractivity contribution in [3.8, 4) is 17.6 Å². The number of nitrogens with zero attached hydrogens (tertiary/aromatic N) is 1. The lowest BCUT2D eigenvalue weighted by Crippen LogP contribution is -2.53. The van der Waals surface area contributed by atoms with Crippen molar-refractivity contribution >= 4 is 27.8 Å². The van der Waals surface area contributed by atoms with E-state index in [-0.39, 0.29) is 11.5 Å². The van der Waals surface area contributed by atoms with Gasteiger partial charge in [-0.2, -0.15) is 0 Å². The second-order valence-corrected chi connectivity index (χ2v) is 9.17. The van der Waals surface area contributed by atoms with Crippen LogP contribution in [0.3, 0.4) is 0 Å². The van der Waals surface area contributed by atoms with Crippen LogP contribution in [0.2, 0.25) is 0 Å². The molecule has 1 aliphatic rings. The Kier molecular flexibility index (Phi) is 5.70. The summed E-state index contributed by atoms with van der Waals surface area (Å²) >= 11 is 1.29. The highest BCUT2D eigenvalue weighted by Crippen LogP contribution is 2.39. The van der Waals surface area contributed by atoms with Gasteiger partial charge in [-0.25, -0.2) is 13.2 Å². The second kappa shape index (κ2) is 7.42. The number of hydrogen-bond donors (Lipinski definition) is 1. The Morgan fingerprint density at radius 3 is 2.56 bits per heavy atom. The highest BCUT2D eigenvalue weighted by Gasteiger charge is 2.46. The standard InChI is InChI=1S/C17H19NO5S2/c1-4-5-11-23-13-6-8-14(9-7-13)25(21,22)18-10-12-24-17(2,3)15(18)16(19)20/h6-10,12,15H,11H2,1-3H3,(H,19,20)/t15-/m0/s1. The normalized spacial score (nSPS) is 19.0. The molecule has 1 aliphatic heterocycles. The lowest BCUT2D eigenvalue weighted by atomic mass is 10.0.